The van der Waals surface area contributed by atoms with Crippen LogP contribution >= 0.6 is 0 Å². The van der Waals surface area contributed by atoms with Gasteiger partial charge in [0.15, 0.2) is 0 Å². The first kappa shape index (κ1) is 19.9. The lowest BCUT2D eigenvalue weighted by Gasteiger charge is -2.29. The second kappa shape index (κ2) is 8.93. The Morgan fingerprint density at radius 3 is 2.18 bits per heavy atom. The molecule has 3 N–H and O–H groups in total. The molecular formula is C21H27N5O2. The topological polar surface area (TPSA) is 96.0 Å². The molecule has 148 valence electrons. The average molecular weight is 381 g/mol. The number of pyridine rings is 2. The molecule has 1 aliphatic rings. The van der Waals surface area contributed by atoms with E-state index in [1.165, 1.54) is 0 Å². The molecule has 3 heterocycles. The van der Waals surface area contributed by atoms with E-state index in [1.807, 2.05) is 38.1 Å². The highest BCUT2D eigenvalue weighted by atomic mass is 16.2. The number of carbonyl (C=O) groups excluding carboxylic acids is 2. The van der Waals surface area contributed by atoms with Gasteiger partial charge in [0.05, 0.1) is 17.5 Å². The number of aromatic nitrogens is 2. The molecule has 2 amide bonds. The molecule has 1 fully saturated rings. The third-order valence-electron chi connectivity index (χ3n) is 5.32. The average Bonchev–Trinajstić information content (AvgIpc) is 3.18. The van der Waals surface area contributed by atoms with Crippen LogP contribution in [0.15, 0.2) is 49.1 Å². The van der Waals surface area contributed by atoms with Crippen molar-refractivity contribution in [3.05, 3.63) is 60.2 Å². The molecule has 3 atom stereocenters. The van der Waals surface area contributed by atoms with Crippen LogP contribution in [0.4, 0.5) is 0 Å². The molecule has 28 heavy (non-hydrogen) atoms. The van der Waals surface area contributed by atoms with Crippen LogP contribution in [0, 0.1) is 5.41 Å². The molecule has 3 rings (SSSR count). The van der Waals surface area contributed by atoms with E-state index in [9.17, 15) is 9.59 Å². The summed E-state index contributed by atoms with van der Waals surface area (Å²) in [4.78, 5) is 34.0. The Hall–Kier alpha value is -2.80. The fraction of sp³-hybridized carbons (Fsp3) is 0.429. The first-order valence-corrected chi connectivity index (χ1v) is 9.61. The third-order valence-corrected chi connectivity index (χ3v) is 5.32. The summed E-state index contributed by atoms with van der Waals surface area (Å²) in [5, 5.41) is 9.29. The van der Waals surface area contributed by atoms with E-state index in [2.05, 4.69) is 25.9 Å². The third kappa shape index (κ3) is 4.72. The Labute approximate surface area is 165 Å². The summed E-state index contributed by atoms with van der Waals surface area (Å²) in [7, 11) is 0. The zero-order valence-corrected chi connectivity index (χ0v) is 16.3. The summed E-state index contributed by atoms with van der Waals surface area (Å²) in [5.41, 5.74) is 1.13. The van der Waals surface area contributed by atoms with Gasteiger partial charge >= 0.3 is 0 Å². The van der Waals surface area contributed by atoms with E-state index in [-0.39, 0.29) is 30.3 Å². The van der Waals surface area contributed by atoms with E-state index in [0.29, 0.717) is 13.0 Å². The van der Waals surface area contributed by atoms with E-state index >= 15 is 0 Å². The van der Waals surface area contributed by atoms with Gasteiger partial charge in [0.25, 0.3) is 0 Å². The standard InChI is InChI=1S/C21H27N5O2/c1-15(17-5-3-8-22-12-17)25-19(27)11-21(7-10-24-14-21)20(28)26-16(2)18-6-4-9-23-13-18/h3-6,8-9,12-13,15-16,24H,7,10-11,14H2,1-2H3,(H,25,27)(H,26,28). The normalized spacial score (nSPS) is 20.9. The largest absolute Gasteiger partial charge is 0.349 e. The number of carbonyl (C=O) groups is 2. The van der Waals surface area contributed by atoms with Crippen molar-refractivity contribution in [3.63, 3.8) is 0 Å². The number of amides is 2. The maximum absolute atomic E-state index is 13.1. The van der Waals surface area contributed by atoms with Crippen molar-refractivity contribution in [2.24, 2.45) is 5.41 Å². The van der Waals surface area contributed by atoms with Gasteiger partial charge in [-0.15, -0.1) is 0 Å². The lowest BCUT2D eigenvalue weighted by Crippen LogP contribution is -2.46. The molecule has 0 bridgehead atoms. The van der Waals surface area contributed by atoms with Gasteiger partial charge in [-0.05, 0) is 50.1 Å². The summed E-state index contributed by atoms with van der Waals surface area (Å²) in [6, 6.07) is 7.21. The molecule has 0 saturated carbocycles. The van der Waals surface area contributed by atoms with Crippen molar-refractivity contribution in [2.45, 2.75) is 38.8 Å². The zero-order chi connectivity index (χ0) is 20.0. The molecule has 1 saturated heterocycles. The zero-order valence-electron chi connectivity index (χ0n) is 16.3. The summed E-state index contributed by atoms with van der Waals surface area (Å²) in [6.07, 6.45) is 7.66. The minimum absolute atomic E-state index is 0.0990. The summed E-state index contributed by atoms with van der Waals surface area (Å²) < 4.78 is 0. The van der Waals surface area contributed by atoms with Crippen LogP contribution in [0.3, 0.4) is 0 Å². The Kier molecular flexibility index (Phi) is 6.36. The fourth-order valence-corrected chi connectivity index (χ4v) is 3.55. The Morgan fingerprint density at radius 2 is 1.68 bits per heavy atom. The lowest BCUT2D eigenvalue weighted by atomic mass is 9.81. The van der Waals surface area contributed by atoms with E-state index in [0.717, 1.165) is 17.7 Å². The maximum atomic E-state index is 13.1. The van der Waals surface area contributed by atoms with E-state index in [1.54, 1.807) is 24.8 Å². The second-order valence-corrected chi connectivity index (χ2v) is 7.44. The van der Waals surface area contributed by atoms with Gasteiger partial charge in [0.1, 0.15) is 0 Å². The molecule has 0 spiro atoms. The van der Waals surface area contributed by atoms with Crippen molar-refractivity contribution in [1.82, 2.24) is 25.9 Å². The summed E-state index contributed by atoms with van der Waals surface area (Å²) in [5.74, 6) is -0.234. The van der Waals surface area contributed by atoms with Crippen molar-refractivity contribution in [3.8, 4) is 0 Å². The van der Waals surface area contributed by atoms with Gasteiger partial charge in [-0.3, -0.25) is 19.6 Å². The molecular weight excluding hydrogens is 354 g/mol. The highest BCUT2D eigenvalue weighted by Gasteiger charge is 2.43. The lowest BCUT2D eigenvalue weighted by molar-refractivity contribution is -0.136. The number of nitrogens with one attached hydrogen (secondary N) is 3. The number of rotatable bonds is 7. The second-order valence-electron chi connectivity index (χ2n) is 7.44. The van der Waals surface area contributed by atoms with Crippen molar-refractivity contribution < 1.29 is 9.59 Å². The molecule has 7 nitrogen and oxygen atoms in total. The van der Waals surface area contributed by atoms with Gasteiger partial charge in [0.2, 0.25) is 11.8 Å². The number of hydrogen-bond acceptors (Lipinski definition) is 5. The van der Waals surface area contributed by atoms with Crippen LogP contribution in [-0.2, 0) is 9.59 Å². The molecule has 1 aliphatic heterocycles. The highest BCUT2D eigenvalue weighted by molar-refractivity contribution is 5.90. The van der Waals surface area contributed by atoms with Crippen LogP contribution in [0.1, 0.15) is 49.9 Å². The smallest absolute Gasteiger partial charge is 0.228 e. The molecule has 3 unspecified atom stereocenters. The maximum Gasteiger partial charge on any atom is 0.228 e. The fourth-order valence-electron chi connectivity index (χ4n) is 3.55. The number of hydrogen-bond donors (Lipinski definition) is 3. The molecule has 0 aliphatic carbocycles. The van der Waals surface area contributed by atoms with Crippen molar-refractivity contribution >= 4 is 11.8 Å². The summed E-state index contributed by atoms with van der Waals surface area (Å²) >= 11 is 0. The van der Waals surface area contributed by atoms with Crippen LogP contribution < -0.4 is 16.0 Å². The first-order valence-electron chi connectivity index (χ1n) is 9.61. The Bertz CT molecular complexity index is 791. The van der Waals surface area contributed by atoms with Crippen LogP contribution in [0.5, 0.6) is 0 Å². The highest BCUT2D eigenvalue weighted by Crippen LogP contribution is 2.31. The van der Waals surface area contributed by atoms with E-state index < -0.39 is 5.41 Å². The van der Waals surface area contributed by atoms with Gasteiger partial charge in [-0.25, -0.2) is 0 Å². The molecule has 2 aromatic heterocycles. The van der Waals surface area contributed by atoms with Crippen molar-refractivity contribution in [2.75, 3.05) is 13.1 Å². The predicted octanol–water partition coefficient (Wildman–Crippen LogP) is 1.90. The van der Waals surface area contributed by atoms with Gasteiger partial charge in [-0.2, -0.15) is 0 Å². The predicted molar refractivity (Wildman–Crippen MR) is 106 cm³/mol. The first-order chi connectivity index (χ1) is 13.5. The summed E-state index contributed by atoms with van der Waals surface area (Å²) in [6.45, 7) is 5.06. The van der Waals surface area contributed by atoms with Crippen LogP contribution in [-0.4, -0.2) is 34.9 Å². The monoisotopic (exact) mass is 381 g/mol. The SMILES string of the molecule is CC(NC(=O)CC1(C(=O)NC(C)c2cccnc2)CCNC1)c1cccnc1. The van der Waals surface area contributed by atoms with Crippen molar-refractivity contribution in [1.29, 1.82) is 0 Å². The molecule has 7 heteroatoms. The van der Waals surface area contributed by atoms with Gasteiger partial charge in [-0.1, -0.05) is 12.1 Å². The quantitative estimate of drug-likeness (QED) is 0.681. The van der Waals surface area contributed by atoms with Gasteiger partial charge in [0, 0.05) is 37.8 Å². The van der Waals surface area contributed by atoms with E-state index in [4.69, 9.17) is 0 Å². The Morgan fingerprint density at radius 1 is 1.07 bits per heavy atom. The Balaban J connectivity index is 1.64. The van der Waals surface area contributed by atoms with Crippen LogP contribution in [0.25, 0.3) is 0 Å². The molecule has 0 radical (unpaired) electrons. The molecule has 0 aromatic carbocycles. The minimum atomic E-state index is -0.741. The minimum Gasteiger partial charge on any atom is -0.349 e. The van der Waals surface area contributed by atoms with Gasteiger partial charge < -0.3 is 16.0 Å². The van der Waals surface area contributed by atoms with Crippen LogP contribution in [0.2, 0.25) is 0 Å². The molecule has 2 aromatic rings. The number of nitrogens with zero attached hydrogens (tertiary/aromatic N) is 2.